The van der Waals surface area contributed by atoms with Crippen LogP contribution in [0.3, 0.4) is 0 Å². The first-order valence-corrected chi connectivity index (χ1v) is 7.00. The van der Waals surface area contributed by atoms with Gasteiger partial charge >= 0.3 is 5.97 Å². The molecule has 0 atom stereocenters. The lowest BCUT2D eigenvalue weighted by Gasteiger charge is -2.11. The van der Waals surface area contributed by atoms with Crippen LogP contribution in [-0.2, 0) is 11.3 Å². The molecule has 2 aromatic rings. The average Bonchev–Trinajstić information content (AvgIpc) is 2.44. The fourth-order valence-corrected chi connectivity index (χ4v) is 2.24. The topological polar surface area (TPSA) is 51.2 Å². The van der Waals surface area contributed by atoms with Gasteiger partial charge in [0.2, 0.25) is 0 Å². The summed E-state index contributed by atoms with van der Waals surface area (Å²) >= 11 is 9.27. The molecule has 0 aliphatic heterocycles. The van der Waals surface area contributed by atoms with Gasteiger partial charge in [-0.05, 0) is 46.3 Å². The van der Waals surface area contributed by atoms with Crippen molar-refractivity contribution in [3.8, 4) is 0 Å². The van der Waals surface area contributed by atoms with E-state index in [-0.39, 0.29) is 0 Å². The van der Waals surface area contributed by atoms with Gasteiger partial charge in [-0.2, -0.15) is 0 Å². The summed E-state index contributed by atoms with van der Waals surface area (Å²) in [6.45, 7) is 0.476. The number of methoxy groups -OCH3 is 1. The van der Waals surface area contributed by atoms with Crippen LogP contribution < -0.4 is 5.32 Å². The second kappa shape index (κ2) is 6.72. The highest BCUT2D eigenvalue weighted by atomic mass is 79.9. The zero-order valence-electron chi connectivity index (χ0n) is 10.7. The Morgan fingerprint density at radius 1 is 1.40 bits per heavy atom. The number of ether oxygens (including phenoxy) is 1. The summed E-state index contributed by atoms with van der Waals surface area (Å²) in [6, 6.07) is 10.6. The molecule has 104 valence electrons. The molecule has 4 nitrogen and oxygen atoms in total. The van der Waals surface area contributed by atoms with Crippen molar-refractivity contribution in [3.63, 3.8) is 0 Å². The summed E-state index contributed by atoms with van der Waals surface area (Å²) < 4.78 is 5.50. The zero-order chi connectivity index (χ0) is 14.5. The quantitative estimate of drug-likeness (QED) is 0.667. The van der Waals surface area contributed by atoms with Crippen LogP contribution in [0.1, 0.15) is 16.1 Å². The van der Waals surface area contributed by atoms with E-state index in [0.717, 1.165) is 10.3 Å². The maximum atomic E-state index is 11.7. The predicted octanol–water partition coefficient (Wildman–Crippen LogP) is 3.90. The maximum Gasteiger partial charge on any atom is 0.339 e. The van der Waals surface area contributed by atoms with Gasteiger partial charge < -0.3 is 10.1 Å². The van der Waals surface area contributed by atoms with Crippen LogP contribution in [0.15, 0.2) is 41.0 Å². The van der Waals surface area contributed by atoms with Gasteiger partial charge in [-0.25, -0.2) is 9.78 Å². The Bertz CT molecular complexity index is 634. The maximum absolute atomic E-state index is 11.7. The number of aromatic nitrogens is 1. The molecule has 0 unspecified atom stereocenters. The smallest absolute Gasteiger partial charge is 0.339 e. The van der Waals surface area contributed by atoms with Crippen LogP contribution in [0.4, 0.5) is 5.69 Å². The lowest BCUT2D eigenvalue weighted by atomic mass is 10.1. The van der Waals surface area contributed by atoms with E-state index in [2.05, 4.69) is 26.2 Å². The highest BCUT2D eigenvalue weighted by Gasteiger charge is 2.12. The Balaban J connectivity index is 2.20. The van der Waals surface area contributed by atoms with Crippen molar-refractivity contribution < 1.29 is 9.53 Å². The van der Waals surface area contributed by atoms with Crippen LogP contribution in [0, 0.1) is 0 Å². The molecule has 1 N–H and O–H groups in total. The summed E-state index contributed by atoms with van der Waals surface area (Å²) in [4.78, 5) is 16.0. The fourth-order valence-electron chi connectivity index (χ4n) is 1.69. The lowest BCUT2D eigenvalue weighted by Crippen LogP contribution is -2.09. The third-order valence-corrected chi connectivity index (χ3v) is 3.30. The highest BCUT2D eigenvalue weighted by molar-refractivity contribution is 9.10. The first-order valence-electron chi connectivity index (χ1n) is 5.83. The summed E-state index contributed by atoms with van der Waals surface area (Å²) in [5, 5.41) is 3.69. The SMILES string of the molecule is COC(=O)c1ccc(Cl)cc1NCc1cccc(Br)n1. The molecule has 0 radical (unpaired) electrons. The molecular formula is C14H12BrClN2O2. The van der Waals surface area contributed by atoms with E-state index in [1.165, 1.54) is 7.11 Å². The van der Waals surface area contributed by atoms with Gasteiger partial charge in [-0.1, -0.05) is 17.7 Å². The number of carbonyl (C=O) groups is 1. The number of halogens is 2. The summed E-state index contributed by atoms with van der Waals surface area (Å²) in [5.74, 6) is -0.411. The molecule has 1 heterocycles. The lowest BCUT2D eigenvalue weighted by molar-refractivity contribution is 0.0602. The Labute approximate surface area is 130 Å². The number of nitrogens with zero attached hydrogens (tertiary/aromatic N) is 1. The van der Waals surface area contributed by atoms with E-state index in [1.54, 1.807) is 18.2 Å². The third-order valence-electron chi connectivity index (χ3n) is 2.62. The minimum Gasteiger partial charge on any atom is -0.465 e. The van der Waals surface area contributed by atoms with Crippen molar-refractivity contribution in [1.29, 1.82) is 0 Å². The van der Waals surface area contributed by atoms with E-state index in [1.807, 2.05) is 18.2 Å². The Morgan fingerprint density at radius 3 is 2.90 bits per heavy atom. The second-order valence-electron chi connectivity index (χ2n) is 3.99. The monoisotopic (exact) mass is 354 g/mol. The predicted molar refractivity (Wildman–Crippen MR) is 82.1 cm³/mol. The normalized spacial score (nSPS) is 10.2. The van der Waals surface area contributed by atoms with Crippen molar-refractivity contribution >= 4 is 39.2 Å². The van der Waals surface area contributed by atoms with E-state index >= 15 is 0 Å². The second-order valence-corrected chi connectivity index (χ2v) is 5.24. The van der Waals surface area contributed by atoms with E-state index in [4.69, 9.17) is 16.3 Å². The number of hydrogen-bond donors (Lipinski definition) is 1. The van der Waals surface area contributed by atoms with Crippen LogP contribution >= 0.6 is 27.5 Å². The number of esters is 1. The molecule has 0 saturated carbocycles. The molecule has 1 aromatic carbocycles. The molecule has 0 spiro atoms. The van der Waals surface area contributed by atoms with Crippen molar-refractivity contribution in [2.45, 2.75) is 6.54 Å². The number of nitrogens with one attached hydrogen (secondary N) is 1. The van der Waals surface area contributed by atoms with Gasteiger partial charge in [-0.3, -0.25) is 0 Å². The largest absolute Gasteiger partial charge is 0.465 e. The molecule has 0 aliphatic carbocycles. The number of carbonyl (C=O) groups excluding carboxylic acids is 1. The van der Waals surface area contributed by atoms with Gasteiger partial charge in [0.1, 0.15) is 4.60 Å². The molecule has 2 rings (SSSR count). The number of hydrogen-bond acceptors (Lipinski definition) is 4. The molecule has 0 fully saturated rings. The van der Waals surface area contributed by atoms with Gasteiger partial charge in [0.05, 0.1) is 30.6 Å². The Kier molecular flexibility index (Phi) is 4.98. The van der Waals surface area contributed by atoms with Crippen LogP contribution in [0.25, 0.3) is 0 Å². The number of pyridine rings is 1. The highest BCUT2D eigenvalue weighted by Crippen LogP contribution is 2.22. The third kappa shape index (κ3) is 3.71. The van der Waals surface area contributed by atoms with Gasteiger partial charge in [0.15, 0.2) is 0 Å². The van der Waals surface area contributed by atoms with Gasteiger partial charge in [0, 0.05) is 5.02 Å². The van der Waals surface area contributed by atoms with Crippen LogP contribution in [0.2, 0.25) is 5.02 Å². The standard InChI is InChI=1S/C14H12BrClN2O2/c1-20-14(19)11-6-5-9(16)7-12(11)17-8-10-3-2-4-13(15)18-10/h2-7,17H,8H2,1H3. The fraction of sp³-hybridized carbons (Fsp3) is 0.143. The van der Waals surface area contributed by atoms with E-state index in [0.29, 0.717) is 22.8 Å². The van der Waals surface area contributed by atoms with Gasteiger partial charge in [0.25, 0.3) is 0 Å². The Hall–Kier alpha value is -1.59. The molecule has 0 aliphatic rings. The minimum absolute atomic E-state index is 0.411. The zero-order valence-corrected chi connectivity index (χ0v) is 13.0. The number of benzene rings is 1. The van der Waals surface area contributed by atoms with E-state index in [9.17, 15) is 4.79 Å². The minimum atomic E-state index is -0.411. The van der Waals surface area contributed by atoms with Crippen molar-refractivity contribution in [1.82, 2.24) is 4.98 Å². The van der Waals surface area contributed by atoms with Crippen LogP contribution in [-0.4, -0.2) is 18.1 Å². The van der Waals surface area contributed by atoms with Crippen molar-refractivity contribution in [2.75, 3.05) is 12.4 Å². The van der Waals surface area contributed by atoms with Gasteiger partial charge in [-0.15, -0.1) is 0 Å². The summed E-state index contributed by atoms with van der Waals surface area (Å²) in [6.07, 6.45) is 0. The number of anilines is 1. The molecule has 0 amide bonds. The van der Waals surface area contributed by atoms with Crippen molar-refractivity contribution in [3.05, 3.63) is 57.3 Å². The molecule has 0 saturated heterocycles. The number of rotatable bonds is 4. The summed E-state index contributed by atoms with van der Waals surface area (Å²) in [7, 11) is 1.34. The first kappa shape index (κ1) is 14.8. The van der Waals surface area contributed by atoms with Crippen LogP contribution in [0.5, 0.6) is 0 Å². The first-order chi connectivity index (χ1) is 9.60. The molecule has 6 heteroatoms. The average molecular weight is 356 g/mol. The molecule has 20 heavy (non-hydrogen) atoms. The molecular weight excluding hydrogens is 344 g/mol. The Morgan fingerprint density at radius 2 is 2.20 bits per heavy atom. The van der Waals surface area contributed by atoms with E-state index < -0.39 is 5.97 Å². The summed E-state index contributed by atoms with van der Waals surface area (Å²) in [5.41, 5.74) is 1.90. The molecule has 1 aromatic heterocycles. The van der Waals surface area contributed by atoms with Crippen molar-refractivity contribution in [2.24, 2.45) is 0 Å². The molecule has 0 bridgehead atoms.